The van der Waals surface area contributed by atoms with E-state index in [9.17, 15) is 0 Å². The molecule has 0 spiro atoms. The molecule has 0 aliphatic carbocycles. The summed E-state index contributed by atoms with van der Waals surface area (Å²) < 4.78 is 0. The number of nitrogens with zero attached hydrogens (tertiary/aromatic N) is 1. The molecular formula is C15H25NSi. The zero-order valence-corrected chi connectivity index (χ0v) is 12.4. The Morgan fingerprint density at radius 1 is 0.941 bits per heavy atom. The lowest BCUT2D eigenvalue weighted by Crippen LogP contribution is -2.46. The summed E-state index contributed by atoms with van der Waals surface area (Å²) in [6.07, 6.45) is 4.19. The van der Waals surface area contributed by atoms with Gasteiger partial charge in [-0.15, -0.1) is 0 Å². The van der Waals surface area contributed by atoms with Crippen molar-refractivity contribution >= 4 is 8.07 Å². The van der Waals surface area contributed by atoms with Crippen LogP contribution in [0.5, 0.6) is 0 Å². The van der Waals surface area contributed by atoms with E-state index >= 15 is 0 Å². The predicted octanol–water partition coefficient (Wildman–Crippen LogP) is 4.09. The van der Waals surface area contributed by atoms with Crippen LogP contribution in [0.1, 0.15) is 30.5 Å². The van der Waals surface area contributed by atoms with E-state index in [1.807, 2.05) is 0 Å². The van der Waals surface area contributed by atoms with E-state index < -0.39 is 8.07 Å². The van der Waals surface area contributed by atoms with Gasteiger partial charge >= 0.3 is 0 Å². The summed E-state index contributed by atoms with van der Waals surface area (Å²) in [5.41, 5.74) is 2.23. The van der Waals surface area contributed by atoms with Gasteiger partial charge in [-0.25, -0.2) is 0 Å². The molecule has 17 heavy (non-hydrogen) atoms. The molecule has 1 heterocycles. The Morgan fingerprint density at radius 3 is 2.06 bits per heavy atom. The summed E-state index contributed by atoms with van der Waals surface area (Å²) in [5, 5.41) is 0. The SMILES string of the molecule is C[Si](C)(C)C(c1ccccc1)N1CCCCC1. The lowest BCUT2D eigenvalue weighted by molar-refractivity contribution is 0.204. The standard InChI is InChI=1S/C15H25NSi/c1-17(2,3)15(14-10-6-4-7-11-14)16-12-8-5-9-13-16/h4,6-7,10-11,15H,5,8-9,12-13H2,1-3H3. The third-order valence-electron chi connectivity index (χ3n) is 3.69. The highest BCUT2D eigenvalue weighted by molar-refractivity contribution is 6.77. The van der Waals surface area contributed by atoms with Gasteiger partial charge in [-0.3, -0.25) is 4.90 Å². The van der Waals surface area contributed by atoms with Crippen molar-refractivity contribution in [2.24, 2.45) is 0 Å². The van der Waals surface area contributed by atoms with E-state index in [-0.39, 0.29) is 0 Å². The molecule has 94 valence electrons. The maximum Gasteiger partial charge on any atom is 0.0694 e. The zero-order valence-electron chi connectivity index (χ0n) is 11.4. The van der Waals surface area contributed by atoms with E-state index in [1.165, 1.54) is 37.9 Å². The molecule has 1 atom stereocenters. The Kier molecular flexibility index (Phi) is 4.05. The van der Waals surface area contributed by atoms with Gasteiger partial charge in [0.2, 0.25) is 0 Å². The molecule has 1 aliphatic heterocycles. The second-order valence-corrected chi connectivity index (χ2v) is 11.6. The minimum Gasteiger partial charge on any atom is -0.299 e. The van der Waals surface area contributed by atoms with Gasteiger partial charge in [0.1, 0.15) is 0 Å². The molecule has 0 aromatic heterocycles. The van der Waals surface area contributed by atoms with Crippen molar-refractivity contribution in [2.75, 3.05) is 13.1 Å². The average Bonchev–Trinajstić information content (AvgIpc) is 2.30. The van der Waals surface area contributed by atoms with Crippen LogP contribution in [0.3, 0.4) is 0 Å². The number of piperidine rings is 1. The molecule has 1 aliphatic rings. The van der Waals surface area contributed by atoms with Crippen LogP contribution in [0.25, 0.3) is 0 Å². The first-order valence-electron chi connectivity index (χ1n) is 6.88. The van der Waals surface area contributed by atoms with Crippen LogP contribution in [0, 0.1) is 0 Å². The number of rotatable bonds is 3. The highest BCUT2D eigenvalue weighted by Gasteiger charge is 2.33. The minimum atomic E-state index is -1.19. The number of hydrogen-bond donors (Lipinski definition) is 0. The van der Waals surface area contributed by atoms with Gasteiger partial charge in [0.15, 0.2) is 0 Å². The van der Waals surface area contributed by atoms with Crippen molar-refractivity contribution in [1.82, 2.24) is 4.90 Å². The minimum absolute atomic E-state index is 0.698. The third kappa shape index (κ3) is 3.20. The average molecular weight is 247 g/mol. The van der Waals surface area contributed by atoms with Crippen molar-refractivity contribution in [3.63, 3.8) is 0 Å². The molecule has 1 fully saturated rings. The largest absolute Gasteiger partial charge is 0.299 e. The van der Waals surface area contributed by atoms with Crippen LogP contribution >= 0.6 is 0 Å². The van der Waals surface area contributed by atoms with Gasteiger partial charge in [-0.1, -0.05) is 56.4 Å². The topological polar surface area (TPSA) is 3.24 Å². The van der Waals surface area contributed by atoms with Crippen molar-refractivity contribution < 1.29 is 0 Å². The van der Waals surface area contributed by atoms with E-state index in [0.717, 1.165) is 0 Å². The van der Waals surface area contributed by atoms with Gasteiger partial charge in [-0.2, -0.15) is 0 Å². The fraction of sp³-hybridized carbons (Fsp3) is 0.600. The zero-order chi connectivity index (χ0) is 12.3. The van der Waals surface area contributed by atoms with Crippen LogP contribution < -0.4 is 0 Å². The molecule has 0 N–H and O–H groups in total. The quantitative estimate of drug-likeness (QED) is 0.727. The molecule has 1 saturated heterocycles. The summed E-state index contributed by atoms with van der Waals surface area (Å²) in [6, 6.07) is 11.1. The molecular weight excluding hydrogens is 222 g/mol. The molecule has 1 unspecified atom stereocenters. The maximum atomic E-state index is 2.74. The van der Waals surface area contributed by atoms with E-state index in [2.05, 4.69) is 54.9 Å². The van der Waals surface area contributed by atoms with Crippen LogP contribution in [-0.2, 0) is 0 Å². The predicted molar refractivity (Wildman–Crippen MR) is 78.0 cm³/mol. The number of benzene rings is 1. The second-order valence-electron chi connectivity index (χ2n) is 6.28. The first kappa shape index (κ1) is 12.8. The van der Waals surface area contributed by atoms with Gasteiger partial charge < -0.3 is 0 Å². The van der Waals surface area contributed by atoms with Crippen molar-refractivity contribution in [3.8, 4) is 0 Å². The lowest BCUT2D eigenvalue weighted by Gasteiger charge is -2.41. The summed E-state index contributed by atoms with van der Waals surface area (Å²) in [5.74, 6) is 0. The number of hydrogen-bond acceptors (Lipinski definition) is 1. The summed E-state index contributed by atoms with van der Waals surface area (Å²) >= 11 is 0. The highest BCUT2D eigenvalue weighted by Crippen LogP contribution is 2.32. The van der Waals surface area contributed by atoms with Gasteiger partial charge in [0.25, 0.3) is 0 Å². The molecule has 2 heteroatoms. The highest BCUT2D eigenvalue weighted by atomic mass is 28.3. The summed E-state index contributed by atoms with van der Waals surface area (Å²) in [7, 11) is -1.19. The Labute approximate surface area is 107 Å². The van der Waals surface area contributed by atoms with E-state index in [0.29, 0.717) is 5.67 Å². The first-order valence-corrected chi connectivity index (χ1v) is 10.5. The van der Waals surface area contributed by atoms with E-state index in [1.54, 1.807) is 0 Å². The van der Waals surface area contributed by atoms with Gasteiger partial charge in [0.05, 0.1) is 8.07 Å². The van der Waals surface area contributed by atoms with Gasteiger partial charge in [-0.05, 0) is 31.5 Å². The summed E-state index contributed by atoms with van der Waals surface area (Å²) in [6.45, 7) is 10.1. The lowest BCUT2D eigenvalue weighted by atomic mass is 10.1. The molecule has 0 bridgehead atoms. The Bertz CT molecular complexity index is 336. The van der Waals surface area contributed by atoms with Crippen LogP contribution in [0.2, 0.25) is 19.6 Å². The molecule has 0 radical (unpaired) electrons. The smallest absolute Gasteiger partial charge is 0.0694 e. The Balaban J connectivity index is 2.25. The van der Waals surface area contributed by atoms with Crippen LogP contribution in [0.4, 0.5) is 0 Å². The Hall–Kier alpha value is -0.603. The fourth-order valence-electron chi connectivity index (χ4n) is 3.07. The molecule has 1 nitrogen and oxygen atoms in total. The van der Waals surface area contributed by atoms with Crippen LogP contribution in [-0.4, -0.2) is 26.1 Å². The van der Waals surface area contributed by atoms with Crippen molar-refractivity contribution in [1.29, 1.82) is 0 Å². The van der Waals surface area contributed by atoms with Gasteiger partial charge in [0, 0.05) is 5.67 Å². The molecule has 2 rings (SSSR count). The molecule has 1 aromatic rings. The normalized spacial score (nSPS) is 20.2. The Morgan fingerprint density at radius 2 is 1.53 bits per heavy atom. The summed E-state index contributed by atoms with van der Waals surface area (Å²) in [4.78, 5) is 2.74. The first-order chi connectivity index (χ1) is 8.09. The maximum absolute atomic E-state index is 2.74. The molecule has 0 amide bonds. The van der Waals surface area contributed by atoms with Crippen molar-refractivity contribution in [3.05, 3.63) is 35.9 Å². The molecule has 1 aromatic carbocycles. The monoisotopic (exact) mass is 247 g/mol. The van der Waals surface area contributed by atoms with Crippen molar-refractivity contribution in [2.45, 2.75) is 44.6 Å². The molecule has 0 saturated carbocycles. The number of likely N-dealkylation sites (tertiary alicyclic amines) is 1. The van der Waals surface area contributed by atoms with E-state index in [4.69, 9.17) is 0 Å². The third-order valence-corrected chi connectivity index (χ3v) is 6.03. The second kappa shape index (κ2) is 5.36. The van der Waals surface area contributed by atoms with Crippen LogP contribution in [0.15, 0.2) is 30.3 Å². The fourth-order valence-corrected chi connectivity index (χ4v) is 5.62.